The number of fused-ring (bicyclic) bond motifs is 1. The van der Waals surface area contributed by atoms with Crippen molar-refractivity contribution in [3.8, 4) is 6.07 Å². The largest absolute Gasteiger partial charge is 0.378 e. The van der Waals surface area contributed by atoms with E-state index in [1.54, 1.807) is 6.07 Å². The summed E-state index contributed by atoms with van der Waals surface area (Å²) in [6.07, 6.45) is 9.08. The van der Waals surface area contributed by atoms with E-state index < -0.39 is 6.23 Å². The van der Waals surface area contributed by atoms with E-state index >= 15 is 0 Å². The molecule has 2 aliphatic rings. The number of hydrogen-bond donors (Lipinski definition) is 5. The summed E-state index contributed by atoms with van der Waals surface area (Å²) in [6, 6.07) is 7.52. The van der Waals surface area contributed by atoms with Crippen LogP contribution in [0.1, 0.15) is 24.8 Å². The van der Waals surface area contributed by atoms with Crippen molar-refractivity contribution in [3.63, 3.8) is 0 Å². The van der Waals surface area contributed by atoms with E-state index in [1.807, 2.05) is 42.8 Å². The second kappa shape index (κ2) is 7.27. The molecule has 2 unspecified atom stereocenters. The predicted octanol–water partition coefficient (Wildman–Crippen LogP) is 2.16. The molecule has 1 aromatic carbocycles. The van der Waals surface area contributed by atoms with Gasteiger partial charge in [0.2, 0.25) is 5.91 Å². The van der Waals surface area contributed by atoms with Crippen molar-refractivity contribution in [2.45, 2.75) is 31.7 Å². The first-order valence-corrected chi connectivity index (χ1v) is 9.01. The van der Waals surface area contributed by atoms with Crippen LogP contribution < -0.4 is 16.0 Å². The van der Waals surface area contributed by atoms with E-state index in [2.05, 4.69) is 20.9 Å². The number of rotatable bonds is 6. The fourth-order valence-electron chi connectivity index (χ4n) is 3.30. The molecule has 1 saturated carbocycles. The van der Waals surface area contributed by atoms with E-state index in [0.717, 1.165) is 34.9 Å². The normalized spacial score (nSPS) is 19.9. The minimum absolute atomic E-state index is 0.149. The van der Waals surface area contributed by atoms with Gasteiger partial charge in [-0.05, 0) is 48.8 Å². The third-order valence-corrected chi connectivity index (χ3v) is 4.84. The van der Waals surface area contributed by atoms with Gasteiger partial charge in [-0.15, -0.1) is 0 Å². The molecule has 7 nitrogen and oxygen atoms in total. The molecule has 138 valence electrons. The molecule has 2 atom stereocenters. The second-order valence-corrected chi connectivity index (χ2v) is 6.86. The Balaban J connectivity index is 1.59. The fraction of sp³-hybridized carbons (Fsp3) is 0.300. The molecule has 0 radical (unpaired) electrons. The zero-order chi connectivity index (χ0) is 18.8. The van der Waals surface area contributed by atoms with Crippen LogP contribution in [0.4, 0.5) is 5.69 Å². The van der Waals surface area contributed by atoms with Crippen molar-refractivity contribution in [1.29, 1.82) is 5.26 Å². The zero-order valence-corrected chi connectivity index (χ0v) is 14.7. The average molecular weight is 363 g/mol. The van der Waals surface area contributed by atoms with Crippen LogP contribution in [0.5, 0.6) is 0 Å². The quantitative estimate of drug-likeness (QED) is 0.505. The number of para-hydroxylation sites is 1. The number of aromatic nitrogens is 1. The Bertz CT molecular complexity index is 964. The van der Waals surface area contributed by atoms with Gasteiger partial charge < -0.3 is 20.7 Å². The number of carbonyl (C=O) groups is 1. The number of dihydropyridines is 1. The molecule has 5 N–H and O–H groups in total. The van der Waals surface area contributed by atoms with E-state index in [1.165, 1.54) is 0 Å². The van der Waals surface area contributed by atoms with Crippen molar-refractivity contribution < 1.29 is 9.90 Å². The Morgan fingerprint density at radius 1 is 1.41 bits per heavy atom. The van der Waals surface area contributed by atoms with Gasteiger partial charge in [0.15, 0.2) is 0 Å². The number of aliphatic hydroxyl groups is 1. The Kier molecular flexibility index (Phi) is 4.67. The summed E-state index contributed by atoms with van der Waals surface area (Å²) < 4.78 is 0. The summed E-state index contributed by atoms with van der Waals surface area (Å²) in [7, 11) is 0. The van der Waals surface area contributed by atoms with Crippen LogP contribution in [0.2, 0.25) is 0 Å². The minimum atomic E-state index is -0.503. The summed E-state index contributed by atoms with van der Waals surface area (Å²) >= 11 is 0. The molecule has 7 heteroatoms. The topological polar surface area (TPSA) is 113 Å². The highest BCUT2D eigenvalue weighted by Gasteiger charge is 2.31. The molecular weight excluding hydrogens is 342 g/mol. The van der Waals surface area contributed by atoms with Crippen molar-refractivity contribution in [3.05, 3.63) is 48.3 Å². The van der Waals surface area contributed by atoms with Crippen LogP contribution in [0.15, 0.2) is 42.7 Å². The molecule has 27 heavy (non-hydrogen) atoms. The van der Waals surface area contributed by atoms with Crippen LogP contribution in [0.25, 0.3) is 16.5 Å². The highest BCUT2D eigenvalue weighted by atomic mass is 16.3. The van der Waals surface area contributed by atoms with E-state index in [-0.39, 0.29) is 18.5 Å². The van der Waals surface area contributed by atoms with Crippen molar-refractivity contribution in [2.75, 3.05) is 5.32 Å². The van der Waals surface area contributed by atoms with Crippen molar-refractivity contribution in [2.24, 2.45) is 5.92 Å². The number of anilines is 1. The van der Waals surface area contributed by atoms with Gasteiger partial charge in [0.05, 0.1) is 23.4 Å². The number of carbonyl (C=O) groups excluding carboxylic acids is 1. The van der Waals surface area contributed by atoms with Gasteiger partial charge in [-0.2, -0.15) is 5.26 Å². The fourth-order valence-corrected chi connectivity index (χ4v) is 3.30. The van der Waals surface area contributed by atoms with E-state index in [0.29, 0.717) is 11.6 Å². The number of allylic oxidation sites excluding steroid dienone is 2. The first kappa shape index (κ1) is 17.3. The zero-order valence-electron chi connectivity index (χ0n) is 14.7. The monoisotopic (exact) mass is 363 g/mol. The van der Waals surface area contributed by atoms with Crippen LogP contribution >= 0.6 is 0 Å². The summed E-state index contributed by atoms with van der Waals surface area (Å²) in [5.74, 6) is 0.0164. The standard InChI is InChI=1S/C20H21N5O2/c21-8-6-18(26)24-16-3-1-2-14-15(11-23-19(14)16)13-7-9-22-17(10-13)25-20(27)12-4-5-12/h1-3,7,9-12,17,20,22-23,25,27H,4-6H2,(H,24,26). The third kappa shape index (κ3) is 3.72. The molecule has 1 aliphatic carbocycles. The second-order valence-electron chi connectivity index (χ2n) is 6.86. The lowest BCUT2D eigenvalue weighted by Gasteiger charge is -2.23. The number of amides is 1. The number of benzene rings is 1. The SMILES string of the molecule is N#CCC(=O)Nc1cccc2c(C3=CC(NC(O)C4CC4)NC=C3)c[nH]c12. The van der Waals surface area contributed by atoms with Gasteiger partial charge in [-0.3, -0.25) is 10.1 Å². The number of H-pyrrole nitrogens is 1. The average Bonchev–Trinajstić information content (AvgIpc) is 3.42. The maximum absolute atomic E-state index is 11.8. The van der Waals surface area contributed by atoms with Crippen LogP contribution in [0, 0.1) is 17.2 Å². The number of aliphatic hydroxyl groups excluding tert-OH is 1. The maximum Gasteiger partial charge on any atom is 0.238 e. The van der Waals surface area contributed by atoms with Crippen molar-refractivity contribution >= 4 is 28.1 Å². The molecule has 0 saturated heterocycles. The molecule has 1 aliphatic heterocycles. The molecule has 2 heterocycles. The van der Waals surface area contributed by atoms with Gasteiger partial charge in [-0.1, -0.05) is 12.1 Å². The molecule has 0 bridgehead atoms. The Hall–Kier alpha value is -3.08. The molecular formula is C20H21N5O2. The maximum atomic E-state index is 11.8. The van der Waals surface area contributed by atoms with Crippen LogP contribution in [0.3, 0.4) is 0 Å². The van der Waals surface area contributed by atoms with Gasteiger partial charge in [0.25, 0.3) is 0 Å². The van der Waals surface area contributed by atoms with Gasteiger partial charge in [0.1, 0.15) is 12.6 Å². The van der Waals surface area contributed by atoms with Gasteiger partial charge >= 0.3 is 0 Å². The van der Waals surface area contributed by atoms with Gasteiger partial charge in [-0.25, -0.2) is 0 Å². The van der Waals surface area contributed by atoms with E-state index in [9.17, 15) is 9.90 Å². The number of hydrogen-bond acceptors (Lipinski definition) is 5. The summed E-state index contributed by atoms with van der Waals surface area (Å²) in [5.41, 5.74) is 3.48. The minimum Gasteiger partial charge on any atom is -0.378 e. The number of nitriles is 1. The summed E-state index contributed by atoms with van der Waals surface area (Å²) in [6.45, 7) is 0. The summed E-state index contributed by atoms with van der Waals surface area (Å²) in [4.78, 5) is 15.0. The molecule has 1 amide bonds. The number of aromatic amines is 1. The van der Waals surface area contributed by atoms with Crippen molar-refractivity contribution in [1.82, 2.24) is 15.6 Å². The highest BCUT2D eigenvalue weighted by Crippen LogP contribution is 2.33. The summed E-state index contributed by atoms with van der Waals surface area (Å²) in [5, 5.41) is 28.9. The smallest absolute Gasteiger partial charge is 0.238 e. The first-order chi connectivity index (χ1) is 13.2. The first-order valence-electron chi connectivity index (χ1n) is 9.01. The molecule has 1 aromatic heterocycles. The van der Waals surface area contributed by atoms with Gasteiger partial charge in [0, 0.05) is 17.1 Å². The molecule has 4 rings (SSSR count). The number of nitrogens with one attached hydrogen (secondary N) is 4. The van der Waals surface area contributed by atoms with Crippen LogP contribution in [-0.2, 0) is 4.79 Å². The Morgan fingerprint density at radius 3 is 3.04 bits per heavy atom. The molecule has 0 spiro atoms. The lowest BCUT2D eigenvalue weighted by atomic mass is 10.0. The molecule has 1 fully saturated rings. The third-order valence-electron chi connectivity index (χ3n) is 4.84. The predicted molar refractivity (Wildman–Crippen MR) is 103 cm³/mol. The lowest BCUT2D eigenvalue weighted by Crippen LogP contribution is -2.46. The molecule has 2 aromatic rings. The Labute approximate surface area is 156 Å². The highest BCUT2D eigenvalue weighted by molar-refractivity contribution is 6.05. The number of nitrogens with zero attached hydrogens (tertiary/aromatic N) is 1. The Morgan fingerprint density at radius 2 is 2.26 bits per heavy atom. The van der Waals surface area contributed by atoms with E-state index in [4.69, 9.17) is 5.26 Å². The lowest BCUT2D eigenvalue weighted by molar-refractivity contribution is -0.115. The van der Waals surface area contributed by atoms with Crippen LogP contribution in [-0.4, -0.2) is 28.4 Å².